The van der Waals surface area contributed by atoms with E-state index < -0.39 is 17.8 Å². The van der Waals surface area contributed by atoms with Gasteiger partial charge >= 0.3 is 0 Å². The first kappa shape index (κ1) is 24.1. The Morgan fingerprint density at radius 1 is 1.20 bits per heavy atom. The van der Waals surface area contributed by atoms with Gasteiger partial charge in [-0.3, -0.25) is 0 Å². The van der Waals surface area contributed by atoms with Crippen LogP contribution in [0.3, 0.4) is 0 Å². The van der Waals surface area contributed by atoms with Crippen molar-refractivity contribution in [1.82, 2.24) is 0 Å². The number of hydrogen-bond donors (Lipinski definition) is 3. The number of fused-ring (bicyclic) bond motifs is 1. The van der Waals surface area contributed by atoms with Gasteiger partial charge in [-0.2, -0.15) is 11.8 Å². The molecule has 30 heavy (non-hydrogen) atoms. The summed E-state index contributed by atoms with van der Waals surface area (Å²) in [5.74, 6) is 1.37. The standard InChI is InChI=1S/C26H42O3S/c1-5-26(29,6-2)17-30-18(3)23-11-12-24-20(8-7-13-25(23,24)4)10-9-19-14-21(27)16-22(28)15-19/h9-11,18,21-22,24,27-29H,5-8,12-17H2,1-4H3/b20-10+/t18-,21-,22-,24+,25-/m1/s1. The molecule has 2 saturated carbocycles. The smallest absolute Gasteiger partial charge is 0.0732 e. The number of aliphatic hydroxyl groups excluding tert-OH is 2. The fourth-order valence-electron chi connectivity index (χ4n) is 5.84. The van der Waals surface area contributed by atoms with E-state index in [2.05, 4.69) is 45.9 Å². The van der Waals surface area contributed by atoms with Crippen LogP contribution in [0.25, 0.3) is 0 Å². The second-order valence-corrected chi connectivity index (χ2v) is 11.5. The van der Waals surface area contributed by atoms with Crippen molar-refractivity contribution >= 4 is 11.8 Å². The van der Waals surface area contributed by atoms with Crippen LogP contribution in [0.5, 0.6) is 0 Å². The maximum atomic E-state index is 10.7. The minimum atomic E-state index is -0.544. The van der Waals surface area contributed by atoms with E-state index in [1.54, 1.807) is 5.57 Å². The van der Waals surface area contributed by atoms with Crippen molar-refractivity contribution in [3.05, 3.63) is 34.9 Å². The summed E-state index contributed by atoms with van der Waals surface area (Å²) in [7, 11) is 0. The molecule has 3 N–H and O–H groups in total. The molecule has 0 unspecified atom stereocenters. The molecule has 0 saturated heterocycles. The summed E-state index contributed by atoms with van der Waals surface area (Å²) in [6, 6.07) is 0. The average Bonchev–Trinajstić information content (AvgIpc) is 3.07. The molecule has 0 aliphatic heterocycles. The van der Waals surface area contributed by atoms with Crippen LogP contribution >= 0.6 is 11.8 Å². The molecule has 3 nitrogen and oxygen atoms in total. The second-order valence-electron chi connectivity index (χ2n) is 10.1. The van der Waals surface area contributed by atoms with Crippen LogP contribution in [0.2, 0.25) is 0 Å². The molecule has 0 bridgehead atoms. The molecule has 0 aromatic heterocycles. The largest absolute Gasteiger partial charge is 0.393 e. The minimum absolute atomic E-state index is 0.219. The van der Waals surface area contributed by atoms with E-state index in [0.717, 1.165) is 31.4 Å². The van der Waals surface area contributed by atoms with Gasteiger partial charge in [0.25, 0.3) is 0 Å². The summed E-state index contributed by atoms with van der Waals surface area (Å²) in [6.45, 7) is 8.93. The van der Waals surface area contributed by atoms with Gasteiger partial charge in [0.15, 0.2) is 0 Å². The maximum Gasteiger partial charge on any atom is 0.0732 e. The molecular formula is C26H42O3S. The molecule has 4 heteroatoms. The highest BCUT2D eigenvalue weighted by Crippen LogP contribution is 2.56. The number of thioether (sulfide) groups is 1. The van der Waals surface area contributed by atoms with Gasteiger partial charge in [0, 0.05) is 11.0 Å². The van der Waals surface area contributed by atoms with Crippen molar-refractivity contribution in [2.45, 2.75) is 109 Å². The highest BCUT2D eigenvalue weighted by molar-refractivity contribution is 8.00. The lowest BCUT2D eigenvalue weighted by Crippen LogP contribution is -2.35. The Morgan fingerprint density at radius 2 is 1.87 bits per heavy atom. The van der Waals surface area contributed by atoms with Crippen LogP contribution in [0.1, 0.15) is 85.5 Å². The summed E-state index contributed by atoms with van der Waals surface area (Å²) >= 11 is 1.92. The van der Waals surface area contributed by atoms with Gasteiger partial charge in [0.05, 0.1) is 17.8 Å². The number of rotatable bonds is 7. The topological polar surface area (TPSA) is 60.7 Å². The molecule has 5 atom stereocenters. The zero-order valence-electron chi connectivity index (χ0n) is 19.4. The molecule has 0 radical (unpaired) electrons. The third kappa shape index (κ3) is 5.26. The molecule has 0 heterocycles. The first-order valence-electron chi connectivity index (χ1n) is 12.0. The van der Waals surface area contributed by atoms with Crippen LogP contribution in [0.4, 0.5) is 0 Å². The van der Waals surface area contributed by atoms with E-state index in [-0.39, 0.29) is 5.41 Å². The molecule has 3 rings (SSSR count). The van der Waals surface area contributed by atoms with Gasteiger partial charge < -0.3 is 15.3 Å². The number of allylic oxidation sites excluding steroid dienone is 4. The van der Waals surface area contributed by atoms with Crippen LogP contribution in [-0.4, -0.2) is 44.1 Å². The lowest BCUT2D eigenvalue weighted by Gasteiger charge is -2.42. The van der Waals surface area contributed by atoms with E-state index in [9.17, 15) is 15.3 Å². The van der Waals surface area contributed by atoms with Crippen LogP contribution in [0, 0.1) is 11.3 Å². The van der Waals surface area contributed by atoms with E-state index in [0.29, 0.717) is 30.4 Å². The molecular weight excluding hydrogens is 392 g/mol. The Balaban J connectivity index is 1.70. The third-order valence-corrected chi connectivity index (χ3v) is 9.50. The quantitative estimate of drug-likeness (QED) is 0.460. The maximum absolute atomic E-state index is 10.7. The van der Waals surface area contributed by atoms with Gasteiger partial charge in [0.2, 0.25) is 0 Å². The lowest BCUT2D eigenvalue weighted by atomic mass is 9.64. The molecule has 2 fully saturated rings. The highest BCUT2D eigenvalue weighted by Gasteiger charge is 2.46. The first-order chi connectivity index (χ1) is 14.2. The Kier molecular flexibility index (Phi) is 7.98. The van der Waals surface area contributed by atoms with E-state index in [4.69, 9.17) is 0 Å². The van der Waals surface area contributed by atoms with E-state index in [1.807, 2.05) is 11.8 Å². The summed E-state index contributed by atoms with van der Waals surface area (Å²) in [5.41, 5.74) is 3.96. The molecule has 0 aromatic rings. The third-order valence-electron chi connectivity index (χ3n) is 8.04. The predicted octanol–water partition coefficient (Wildman–Crippen LogP) is 5.55. The Hall–Kier alpha value is -0.550. The van der Waals surface area contributed by atoms with Crippen molar-refractivity contribution < 1.29 is 15.3 Å². The zero-order valence-corrected chi connectivity index (χ0v) is 20.2. The zero-order chi connectivity index (χ0) is 21.9. The first-order valence-corrected chi connectivity index (χ1v) is 13.0. The molecule has 3 aliphatic carbocycles. The number of hydrogen-bond acceptors (Lipinski definition) is 4. The monoisotopic (exact) mass is 434 g/mol. The Labute approximate surface area is 187 Å². The van der Waals surface area contributed by atoms with Crippen LogP contribution < -0.4 is 0 Å². The summed E-state index contributed by atoms with van der Waals surface area (Å²) < 4.78 is 0. The van der Waals surface area contributed by atoms with Crippen LogP contribution in [0.15, 0.2) is 34.9 Å². The van der Waals surface area contributed by atoms with Crippen molar-refractivity contribution in [2.75, 3.05) is 5.75 Å². The normalized spacial score (nSPS) is 34.6. The Morgan fingerprint density at radius 3 is 2.50 bits per heavy atom. The van der Waals surface area contributed by atoms with Crippen molar-refractivity contribution in [3.8, 4) is 0 Å². The van der Waals surface area contributed by atoms with Gasteiger partial charge in [-0.05, 0) is 76.0 Å². The molecule has 0 spiro atoms. The second kappa shape index (κ2) is 9.94. The fourth-order valence-corrected chi connectivity index (χ4v) is 7.35. The summed E-state index contributed by atoms with van der Waals surface area (Å²) in [4.78, 5) is 0. The summed E-state index contributed by atoms with van der Waals surface area (Å²) in [6.07, 6.45) is 14.4. The van der Waals surface area contributed by atoms with Crippen LogP contribution in [-0.2, 0) is 0 Å². The highest BCUT2D eigenvalue weighted by atomic mass is 32.2. The van der Waals surface area contributed by atoms with Crippen molar-refractivity contribution in [3.63, 3.8) is 0 Å². The molecule has 0 amide bonds. The lowest BCUT2D eigenvalue weighted by molar-refractivity contribution is 0.0570. The molecule has 0 aromatic carbocycles. The SMILES string of the molecule is CCC(O)(CC)CS[C@H](C)C1=CC[C@H]2/C(=C/C=C3C[C@@H](O)C[C@H](O)C3)CCC[C@]12C. The summed E-state index contributed by atoms with van der Waals surface area (Å²) in [5, 5.41) is 31.1. The van der Waals surface area contributed by atoms with Crippen molar-refractivity contribution in [1.29, 1.82) is 0 Å². The van der Waals surface area contributed by atoms with Gasteiger partial charge in [-0.15, -0.1) is 0 Å². The minimum Gasteiger partial charge on any atom is -0.393 e. The van der Waals surface area contributed by atoms with Gasteiger partial charge in [-0.25, -0.2) is 0 Å². The number of aliphatic hydroxyl groups is 3. The predicted molar refractivity (Wildman–Crippen MR) is 128 cm³/mol. The van der Waals surface area contributed by atoms with Gasteiger partial charge in [0.1, 0.15) is 0 Å². The van der Waals surface area contributed by atoms with E-state index >= 15 is 0 Å². The average molecular weight is 435 g/mol. The fraction of sp³-hybridized carbons (Fsp3) is 0.769. The molecule has 170 valence electrons. The Bertz CT molecular complexity index is 678. The van der Waals surface area contributed by atoms with E-state index in [1.165, 1.54) is 24.0 Å². The van der Waals surface area contributed by atoms with Gasteiger partial charge in [-0.1, -0.05) is 55.7 Å². The van der Waals surface area contributed by atoms with Crippen molar-refractivity contribution in [2.24, 2.45) is 11.3 Å². The molecule has 3 aliphatic rings.